The summed E-state index contributed by atoms with van der Waals surface area (Å²) in [6.45, 7) is 1.86. The molecule has 0 spiro atoms. The molecule has 0 N–H and O–H groups in total. The molecule has 0 aliphatic carbocycles. The smallest absolute Gasteiger partial charge is 0.291 e. The summed E-state index contributed by atoms with van der Waals surface area (Å²) in [6.07, 6.45) is -4.59. The molecule has 0 atom stereocenters. The van der Waals surface area contributed by atoms with E-state index < -0.39 is 17.6 Å². The summed E-state index contributed by atoms with van der Waals surface area (Å²) in [5.74, 6) is 0. The number of halogens is 3. The topological polar surface area (TPSA) is 34.9 Å². The Morgan fingerprint density at radius 2 is 1.74 bits per heavy atom. The highest BCUT2D eigenvalue weighted by Crippen LogP contribution is 2.30. The molecule has 1 aromatic carbocycles. The average Bonchev–Trinajstić information content (AvgIpc) is 2.32. The number of hydrogen-bond donors (Lipinski definition) is 0. The van der Waals surface area contributed by atoms with Crippen LogP contribution in [0.5, 0.6) is 0 Å². The molecule has 0 amide bonds. The molecule has 1 aromatic heterocycles. The van der Waals surface area contributed by atoms with Crippen molar-refractivity contribution in [3.63, 3.8) is 0 Å². The molecule has 19 heavy (non-hydrogen) atoms. The average molecular weight is 268 g/mol. The van der Waals surface area contributed by atoms with Crippen molar-refractivity contribution in [2.24, 2.45) is 7.05 Å². The van der Waals surface area contributed by atoms with E-state index in [1.807, 2.05) is 6.92 Å². The standard InChI is InChI=1S/C13H11F3N2O/c1-8-3-5-9(6-4-8)10-7-11(13(14,15)16)18(2)12(19)17-10/h3-7H,1-2H3. The van der Waals surface area contributed by atoms with Crippen molar-refractivity contribution in [2.75, 3.05) is 0 Å². The van der Waals surface area contributed by atoms with E-state index >= 15 is 0 Å². The van der Waals surface area contributed by atoms with E-state index in [1.54, 1.807) is 24.3 Å². The van der Waals surface area contributed by atoms with Crippen LogP contribution in [0.1, 0.15) is 11.3 Å². The number of rotatable bonds is 1. The van der Waals surface area contributed by atoms with Gasteiger partial charge < -0.3 is 0 Å². The van der Waals surface area contributed by atoms with E-state index in [9.17, 15) is 18.0 Å². The van der Waals surface area contributed by atoms with Gasteiger partial charge in [-0.15, -0.1) is 0 Å². The predicted molar refractivity (Wildman–Crippen MR) is 64.7 cm³/mol. The number of aromatic nitrogens is 2. The Balaban J connectivity index is 2.63. The van der Waals surface area contributed by atoms with Crippen molar-refractivity contribution in [3.8, 4) is 11.3 Å². The molecule has 2 aromatic rings. The maximum Gasteiger partial charge on any atom is 0.431 e. The molecule has 6 heteroatoms. The van der Waals surface area contributed by atoms with Crippen molar-refractivity contribution in [3.05, 3.63) is 52.1 Å². The summed E-state index contributed by atoms with van der Waals surface area (Å²) < 4.78 is 38.9. The monoisotopic (exact) mass is 268 g/mol. The van der Waals surface area contributed by atoms with E-state index in [1.165, 1.54) is 0 Å². The van der Waals surface area contributed by atoms with E-state index in [4.69, 9.17) is 0 Å². The van der Waals surface area contributed by atoms with Gasteiger partial charge in [-0.1, -0.05) is 29.8 Å². The SMILES string of the molecule is Cc1ccc(-c2cc(C(F)(F)F)n(C)c(=O)n2)cc1. The lowest BCUT2D eigenvalue weighted by molar-refractivity contribution is -0.143. The van der Waals surface area contributed by atoms with Gasteiger partial charge in [0.2, 0.25) is 0 Å². The molecule has 0 saturated heterocycles. The fourth-order valence-electron chi connectivity index (χ4n) is 1.68. The Kier molecular flexibility index (Phi) is 3.18. The summed E-state index contributed by atoms with van der Waals surface area (Å²) in [5.41, 5.74) is -0.457. The van der Waals surface area contributed by atoms with Gasteiger partial charge in [-0.25, -0.2) is 4.79 Å². The maximum absolute atomic E-state index is 12.8. The van der Waals surface area contributed by atoms with Crippen LogP contribution >= 0.6 is 0 Å². The van der Waals surface area contributed by atoms with Gasteiger partial charge in [0.1, 0.15) is 5.69 Å². The number of benzene rings is 1. The molecule has 100 valence electrons. The van der Waals surface area contributed by atoms with Gasteiger partial charge in [0.25, 0.3) is 0 Å². The highest BCUT2D eigenvalue weighted by Gasteiger charge is 2.34. The highest BCUT2D eigenvalue weighted by atomic mass is 19.4. The molecule has 2 rings (SSSR count). The quantitative estimate of drug-likeness (QED) is 0.797. The molecule has 0 unspecified atom stereocenters. The van der Waals surface area contributed by atoms with Gasteiger partial charge in [0.05, 0.1) is 5.69 Å². The molecule has 0 radical (unpaired) electrons. The van der Waals surface area contributed by atoms with Gasteiger partial charge in [0.15, 0.2) is 0 Å². The van der Waals surface area contributed by atoms with Crippen LogP contribution in [-0.4, -0.2) is 9.55 Å². The second-order valence-corrected chi connectivity index (χ2v) is 4.23. The summed E-state index contributed by atoms with van der Waals surface area (Å²) >= 11 is 0. The lowest BCUT2D eigenvalue weighted by Gasteiger charge is -2.12. The Morgan fingerprint density at radius 3 is 2.26 bits per heavy atom. The van der Waals surface area contributed by atoms with E-state index in [2.05, 4.69) is 4.98 Å². The van der Waals surface area contributed by atoms with Gasteiger partial charge in [-0.05, 0) is 13.0 Å². The van der Waals surface area contributed by atoms with Crippen molar-refractivity contribution in [2.45, 2.75) is 13.1 Å². The Labute approximate surface area is 107 Å². The minimum absolute atomic E-state index is 0.0235. The molecule has 0 aliphatic heterocycles. The first-order valence-corrected chi connectivity index (χ1v) is 5.51. The van der Waals surface area contributed by atoms with Gasteiger partial charge in [-0.2, -0.15) is 18.2 Å². The van der Waals surface area contributed by atoms with E-state index in [0.717, 1.165) is 18.7 Å². The fraction of sp³-hybridized carbons (Fsp3) is 0.231. The minimum atomic E-state index is -4.59. The van der Waals surface area contributed by atoms with Crippen LogP contribution < -0.4 is 5.69 Å². The molecular weight excluding hydrogens is 257 g/mol. The molecule has 3 nitrogen and oxygen atoms in total. The first-order valence-electron chi connectivity index (χ1n) is 5.51. The van der Waals surface area contributed by atoms with Crippen LogP contribution in [0.2, 0.25) is 0 Å². The zero-order valence-electron chi connectivity index (χ0n) is 10.3. The number of hydrogen-bond acceptors (Lipinski definition) is 2. The highest BCUT2D eigenvalue weighted by molar-refractivity contribution is 5.59. The van der Waals surface area contributed by atoms with Crippen molar-refractivity contribution >= 4 is 0 Å². The third-order valence-corrected chi connectivity index (χ3v) is 2.78. The lowest BCUT2D eigenvalue weighted by atomic mass is 10.1. The summed E-state index contributed by atoms with van der Waals surface area (Å²) in [5, 5.41) is 0. The Hall–Kier alpha value is -2.11. The van der Waals surface area contributed by atoms with Gasteiger partial charge in [-0.3, -0.25) is 4.57 Å². The third kappa shape index (κ3) is 2.67. The van der Waals surface area contributed by atoms with Crippen LogP contribution in [0.4, 0.5) is 13.2 Å². The van der Waals surface area contributed by atoms with E-state index in [-0.39, 0.29) is 5.69 Å². The van der Waals surface area contributed by atoms with Crippen LogP contribution in [-0.2, 0) is 13.2 Å². The predicted octanol–water partition coefficient (Wildman–Crippen LogP) is 2.77. The number of nitrogens with zero attached hydrogens (tertiary/aromatic N) is 2. The Morgan fingerprint density at radius 1 is 1.16 bits per heavy atom. The molecule has 0 bridgehead atoms. The van der Waals surface area contributed by atoms with E-state index in [0.29, 0.717) is 10.1 Å². The summed E-state index contributed by atoms with van der Waals surface area (Å²) in [6, 6.07) is 7.66. The largest absolute Gasteiger partial charge is 0.431 e. The normalized spacial score (nSPS) is 11.6. The second-order valence-electron chi connectivity index (χ2n) is 4.23. The maximum atomic E-state index is 12.8. The first-order chi connectivity index (χ1) is 8.79. The molecule has 0 aliphatic rings. The van der Waals surface area contributed by atoms with Crippen molar-refractivity contribution in [1.29, 1.82) is 0 Å². The van der Waals surface area contributed by atoms with Crippen molar-refractivity contribution in [1.82, 2.24) is 9.55 Å². The van der Waals surface area contributed by atoms with Crippen molar-refractivity contribution < 1.29 is 13.2 Å². The van der Waals surface area contributed by atoms with Gasteiger partial charge >= 0.3 is 11.9 Å². The third-order valence-electron chi connectivity index (χ3n) is 2.78. The summed E-state index contributed by atoms with van der Waals surface area (Å²) in [4.78, 5) is 15.2. The lowest BCUT2D eigenvalue weighted by Crippen LogP contribution is -2.28. The molecule has 1 heterocycles. The fourth-order valence-corrected chi connectivity index (χ4v) is 1.68. The van der Waals surface area contributed by atoms with Crippen LogP contribution in [0, 0.1) is 6.92 Å². The summed E-state index contributed by atoms with van der Waals surface area (Å²) in [7, 11) is 1.05. The van der Waals surface area contributed by atoms with Crippen LogP contribution in [0.25, 0.3) is 11.3 Å². The van der Waals surface area contributed by atoms with Gasteiger partial charge in [0, 0.05) is 12.6 Å². The number of aryl methyl sites for hydroxylation is 1. The van der Waals surface area contributed by atoms with Crippen LogP contribution in [0.15, 0.2) is 35.1 Å². The second kappa shape index (κ2) is 4.53. The van der Waals surface area contributed by atoms with Crippen LogP contribution in [0.3, 0.4) is 0 Å². The molecule has 0 saturated carbocycles. The first kappa shape index (κ1) is 13.3. The molecule has 0 fully saturated rings. The zero-order chi connectivity index (χ0) is 14.2. The zero-order valence-corrected chi connectivity index (χ0v) is 10.3. The Bertz CT molecular complexity index is 657. The molecular formula is C13H11F3N2O. The number of alkyl halides is 3. The minimum Gasteiger partial charge on any atom is -0.291 e.